The Kier molecular flexibility index (Phi) is 9.43. The van der Waals surface area contributed by atoms with E-state index >= 15 is 0 Å². The number of methoxy groups -OCH3 is 1. The molecule has 8 heteroatoms. The number of ether oxygens (including phenoxy) is 1. The zero-order valence-electron chi connectivity index (χ0n) is 17.1. The molecule has 0 unspecified atom stereocenters. The average Bonchev–Trinajstić information content (AvgIpc) is 3.18. The number of hydrogen-bond donors (Lipinski definition) is 1. The molecule has 0 amide bonds. The minimum absolute atomic E-state index is 0. The summed E-state index contributed by atoms with van der Waals surface area (Å²) in [7, 11) is 1.46. The summed E-state index contributed by atoms with van der Waals surface area (Å²) in [6, 6.07) is 10.3. The first kappa shape index (κ1) is 23.2. The second kappa shape index (κ2) is 11.8. The fourth-order valence-electron chi connectivity index (χ4n) is 3.43. The van der Waals surface area contributed by atoms with Crippen molar-refractivity contribution < 1.29 is 9.53 Å². The summed E-state index contributed by atoms with van der Waals surface area (Å²) < 4.78 is 6.81. The van der Waals surface area contributed by atoms with Crippen LogP contribution in [0.15, 0.2) is 47.7 Å². The van der Waals surface area contributed by atoms with Gasteiger partial charge in [0, 0.05) is 31.4 Å². The highest BCUT2D eigenvalue weighted by molar-refractivity contribution is 14.0. The van der Waals surface area contributed by atoms with Gasteiger partial charge in [-0.15, -0.1) is 24.0 Å². The predicted molar refractivity (Wildman–Crippen MR) is 124 cm³/mol. The van der Waals surface area contributed by atoms with Crippen molar-refractivity contribution in [2.24, 2.45) is 10.9 Å². The van der Waals surface area contributed by atoms with Crippen LogP contribution >= 0.6 is 24.0 Å². The summed E-state index contributed by atoms with van der Waals surface area (Å²) in [5, 5.41) is 7.81. The summed E-state index contributed by atoms with van der Waals surface area (Å²) in [6.07, 6.45) is 5.52. The molecule has 1 aliphatic rings. The number of likely N-dealkylation sites (tertiary alicyclic amines) is 1. The number of guanidine groups is 1. The van der Waals surface area contributed by atoms with Gasteiger partial charge < -0.3 is 15.0 Å². The van der Waals surface area contributed by atoms with Crippen LogP contribution in [0.5, 0.6) is 0 Å². The molecule has 158 valence electrons. The van der Waals surface area contributed by atoms with Gasteiger partial charge in [-0.3, -0.25) is 9.48 Å². The first-order valence-electron chi connectivity index (χ1n) is 9.86. The second-order valence-electron chi connectivity index (χ2n) is 6.99. The minimum atomic E-state index is -0.104. The molecule has 3 rings (SSSR count). The Labute approximate surface area is 189 Å². The first-order chi connectivity index (χ1) is 13.7. The number of piperidine rings is 1. The summed E-state index contributed by atoms with van der Waals surface area (Å²) in [5.41, 5.74) is 2.30. The summed E-state index contributed by atoms with van der Waals surface area (Å²) in [4.78, 5) is 18.7. The third-order valence-electron chi connectivity index (χ3n) is 4.95. The third-order valence-corrected chi connectivity index (χ3v) is 4.95. The first-order valence-corrected chi connectivity index (χ1v) is 9.86. The van der Waals surface area contributed by atoms with Gasteiger partial charge >= 0.3 is 5.97 Å². The number of nitrogens with zero attached hydrogens (tertiary/aromatic N) is 4. The Balaban J connectivity index is 0.00000300. The number of carbonyl (C=O) groups is 1. The summed E-state index contributed by atoms with van der Waals surface area (Å²) in [6.45, 7) is 5.81. The standard InChI is InChI=1S/C21H29N5O2.HI/c1-3-22-21(25-11-9-19(10-12-25)20(27)28-2)23-13-18-14-24-26(16-18)15-17-7-5-4-6-8-17;/h4-8,14,16,19H,3,9-13,15H2,1-2H3,(H,22,23);1H. The molecule has 29 heavy (non-hydrogen) atoms. The van der Waals surface area contributed by atoms with Gasteiger partial charge in [-0.05, 0) is 25.3 Å². The van der Waals surface area contributed by atoms with Crippen molar-refractivity contribution in [3.8, 4) is 0 Å². The van der Waals surface area contributed by atoms with E-state index < -0.39 is 0 Å². The molecule has 1 aromatic carbocycles. The molecule has 0 bridgehead atoms. The number of halogens is 1. The number of aromatic nitrogens is 2. The quantitative estimate of drug-likeness (QED) is 0.280. The number of carbonyl (C=O) groups excluding carboxylic acids is 1. The van der Waals surface area contributed by atoms with Crippen LogP contribution in [0.1, 0.15) is 30.9 Å². The number of rotatable bonds is 6. The van der Waals surface area contributed by atoms with Crippen molar-refractivity contribution in [2.45, 2.75) is 32.9 Å². The van der Waals surface area contributed by atoms with Crippen molar-refractivity contribution in [1.29, 1.82) is 0 Å². The summed E-state index contributed by atoms with van der Waals surface area (Å²) in [5.74, 6) is 0.786. The maximum Gasteiger partial charge on any atom is 0.308 e. The molecule has 1 aromatic heterocycles. The van der Waals surface area contributed by atoms with Gasteiger partial charge in [-0.2, -0.15) is 5.10 Å². The molecule has 0 aliphatic carbocycles. The molecule has 0 radical (unpaired) electrons. The van der Waals surface area contributed by atoms with Crippen LogP contribution in [0, 0.1) is 5.92 Å². The summed E-state index contributed by atoms with van der Waals surface area (Å²) >= 11 is 0. The van der Waals surface area contributed by atoms with Gasteiger partial charge in [0.05, 0.1) is 32.3 Å². The minimum Gasteiger partial charge on any atom is -0.469 e. The normalized spacial score (nSPS) is 15.0. The van der Waals surface area contributed by atoms with Crippen molar-refractivity contribution in [1.82, 2.24) is 20.0 Å². The molecule has 2 aromatic rings. The predicted octanol–water partition coefficient (Wildman–Crippen LogP) is 2.90. The molecular formula is C21H30IN5O2. The van der Waals surface area contributed by atoms with Crippen LogP contribution in [0.25, 0.3) is 0 Å². The number of esters is 1. The second-order valence-corrected chi connectivity index (χ2v) is 6.99. The molecule has 1 saturated heterocycles. The maximum atomic E-state index is 11.7. The lowest BCUT2D eigenvalue weighted by Gasteiger charge is -2.33. The lowest BCUT2D eigenvalue weighted by Crippen LogP contribution is -2.46. The zero-order chi connectivity index (χ0) is 19.8. The van der Waals surface area contributed by atoms with Gasteiger partial charge in [0.15, 0.2) is 5.96 Å². The number of nitrogens with one attached hydrogen (secondary N) is 1. The van der Waals surface area contributed by atoms with Crippen LogP contribution in [0.2, 0.25) is 0 Å². The van der Waals surface area contributed by atoms with Crippen LogP contribution in [0.4, 0.5) is 0 Å². The molecule has 2 heterocycles. The molecule has 0 spiro atoms. The molecule has 1 N–H and O–H groups in total. The number of hydrogen-bond acceptors (Lipinski definition) is 4. The molecule has 0 atom stereocenters. The number of benzene rings is 1. The average molecular weight is 511 g/mol. The fraction of sp³-hybridized carbons (Fsp3) is 0.476. The monoisotopic (exact) mass is 511 g/mol. The van der Waals surface area contributed by atoms with E-state index in [1.807, 2.05) is 35.3 Å². The molecule has 7 nitrogen and oxygen atoms in total. The van der Waals surface area contributed by atoms with Crippen LogP contribution in [0.3, 0.4) is 0 Å². The molecule has 0 saturated carbocycles. The van der Waals surface area contributed by atoms with E-state index in [4.69, 9.17) is 9.73 Å². The highest BCUT2D eigenvalue weighted by Gasteiger charge is 2.26. The molecular weight excluding hydrogens is 481 g/mol. The van der Waals surface area contributed by atoms with E-state index in [9.17, 15) is 4.79 Å². The Bertz CT molecular complexity index is 785. The molecule has 1 aliphatic heterocycles. The Morgan fingerprint density at radius 2 is 1.97 bits per heavy atom. The van der Waals surface area contributed by atoms with Crippen molar-refractivity contribution >= 4 is 35.9 Å². The fourth-order valence-corrected chi connectivity index (χ4v) is 3.43. The van der Waals surface area contributed by atoms with E-state index in [1.165, 1.54) is 12.7 Å². The Morgan fingerprint density at radius 3 is 2.62 bits per heavy atom. The van der Waals surface area contributed by atoms with Gasteiger partial charge in [0.2, 0.25) is 0 Å². The van der Waals surface area contributed by atoms with E-state index in [0.29, 0.717) is 6.54 Å². The van der Waals surface area contributed by atoms with Gasteiger partial charge in [0.1, 0.15) is 0 Å². The third kappa shape index (κ3) is 6.73. The van der Waals surface area contributed by atoms with Crippen LogP contribution < -0.4 is 5.32 Å². The highest BCUT2D eigenvalue weighted by Crippen LogP contribution is 2.18. The molecule has 1 fully saturated rings. The largest absolute Gasteiger partial charge is 0.469 e. The van der Waals surface area contributed by atoms with E-state index in [1.54, 1.807) is 0 Å². The number of aliphatic imine (C=N–C) groups is 1. The SMILES string of the molecule is CCNC(=NCc1cnn(Cc2ccccc2)c1)N1CCC(C(=O)OC)CC1.I. The Morgan fingerprint density at radius 1 is 1.24 bits per heavy atom. The van der Waals surface area contributed by atoms with E-state index in [2.05, 4.69) is 34.4 Å². The van der Waals surface area contributed by atoms with Gasteiger partial charge in [-0.1, -0.05) is 30.3 Å². The van der Waals surface area contributed by atoms with Crippen molar-refractivity contribution in [3.63, 3.8) is 0 Å². The van der Waals surface area contributed by atoms with Crippen molar-refractivity contribution in [3.05, 3.63) is 53.9 Å². The van der Waals surface area contributed by atoms with Crippen molar-refractivity contribution in [2.75, 3.05) is 26.7 Å². The topological polar surface area (TPSA) is 71.8 Å². The van der Waals surface area contributed by atoms with Crippen LogP contribution in [-0.4, -0.2) is 53.4 Å². The van der Waals surface area contributed by atoms with E-state index in [-0.39, 0.29) is 35.9 Å². The smallest absolute Gasteiger partial charge is 0.308 e. The highest BCUT2D eigenvalue weighted by atomic mass is 127. The Hall–Kier alpha value is -2.10. The lowest BCUT2D eigenvalue weighted by atomic mass is 9.97. The van der Waals surface area contributed by atoms with Gasteiger partial charge in [0.25, 0.3) is 0 Å². The zero-order valence-corrected chi connectivity index (χ0v) is 19.4. The lowest BCUT2D eigenvalue weighted by molar-refractivity contribution is -0.146. The van der Waals surface area contributed by atoms with Crippen LogP contribution in [-0.2, 0) is 22.6 Å². The van der Waals surface area contributed by atoms with E-state index in [0.717, 1.165) is 50.5 Å². The maximum absolute atomic E-state index is 11.7. The van der Waals surface area contributed by atoms with Gasteiger partial charge in [-0.25, -0.2) is 4.99 Å².